The van der Waals surface area contributed by atoms with Crippen molar-refractivity contribution in [2.24, 2.45) is 0 Å². The summed E-state index contributed by atoms with van der Waals surface area (Å²) in [4.78, 5) is 20.3. The lowest BCUT2D eigenvalue weighted by Crippen LogP contribution is -1.94. The molecule has 0 saturated carbocycles. The van der Waals surface area contributed by atoms with E-state index >= 15 is 0 Å². The molecule has 0 aromatic heterocycles. The highest BCUT2D eigenvalue weighted by Crippen LogP contribution is 2.19. The number of nitro benzene ring substituents is 1. The van der Waals surface area contributed by atoms with Crippen molar-refractivity contribution in [2.45, 2.75) is 12.8 Å². The molecule has 0 aliphatic heterocycles. The van der Waals surface area contributed by atoms with Crippen molar-refractivity contribution in [3.8, 4) is 0 Å². The van der Waals surface area contributed by atoms with Crippen LogP contribution in [0.2, 0.25) is 0 Å². The highest BCUT2D eigenvalue weighted by molar-refractivity contribution is 5.58. The molecule has 4 nitrogen and oxygen atoms in total. The van der Waals surface area contributed by atoms with E-state index in [2.05, 4.69) is 6.58 Å². The number of rotatable bonds is 5. The fourth-order valence-electron chi connectivity index (χ4n) is 1.33. The topological polar surface area (TPSA) is 60.2 Å². The van der Waals surface area contributed by atoms with E-state index < -0.39 is 4.92 Å². The summed E-state index contributed by atoms with van der Waals surface area (Å²) in [5.41, 5.74) is 1.66. The molecule has 0 atom stereocenters. The van der Waals surface area contributed by atoms with Crippen LogP contribution >= 0.6 is 0 Å². The molecule has 0 aliphatic rings. The molecule has 0 heterocycles. The molecule has 0 saturated heterocycles. The van der Waals surface area contributed by atoms with Crippen LogP contribution in [0.4, 0.5) is 5.69 Å². The third-order valence-electron chi connectivity index (χ3n) is 2.09. The third kappa shape index (κ3) is 2.74. The van der Waals surface area contributed by atoms with Crippen LogP contribution in [0.3, 0.4) is 0 Å². The molecule has 0 fully saturated rings. The summed E-state index contributed by atoms with van der Waals surface area (Å²) in [5.74, 6) is 0. The average Bonchev–Trinajstić information content (AvgIpc) is 2.25. The predicted molar refractivity (Wildman–Crippen MR) is 57.6 cm³/mol. The average molecular weight is 205 g/mol. The lowest BCUT2D eigenvalue weighted by molar-refractivity contribution is -0.384. The minimum absolute atomic E-state index is 0.0414. The third-order valence-corrected chi connectivity index (χ3v) is 2.09. The summed E-state index contributed by atoms with van der Waals surface area (Å²) in [6.45, 7) is 3.59. The molecule has 0 N–H and O–H groups in total. The Balaban J connectivity index is 3.03. The highest BCUT2D eigenvalue weighted by atomic mass is 16.6. The molecule has 1 aromatic rings. The van der Waals surface area contributed by atoms with Crippen LogP contribution in [0, 0.1) is 10.1 Å². The largest absolute Gasteiger partial charge is 0.303 e. The molecule has 78 valence electrons. The normalized spacial score (nSPS) is 9.60. The van der Waals surface area contributed by atoms with Crippen molar-refractivity contribution in [1.29, 1.82) is 0 Å². The zero-order chi connectivity index (χ0) is 11.3. The van der Waals surface area contributed by atoms with Gasteiger partial charge in [0, 0.05) is 18.6 Å². The fraction of sp³-hybridized carbons (Fsp3) is 0.182. The van der Waals surface area contributed by atoms with Crippen molar-refractivity contribution in [1.82, 2.24) is 0 Å². The van der Waals surface area contributed by atoms with Gasteiger partial charge in [-0.1, -0.05) is 18.7 Å². The molecular weight excluding hydrogens is 194 g/mol. The predicted octanol–water partition coefficient (Wildman–Crippen LogP) is 2.37. The summed E-state index contributed by atoms with van der Waals surface area (Å²) >= 11 is 0. The monoisotopic (exact) mass is 205 g/mol. The zero-order valence-electron chi connectivity index (χ0n) is 8.18. The van der Waals surface area contributed by atoms with Gasteiger partial charge in [-0.2, -0.15) is 0 Å². The fourth-order valence-corrected chi connectivity index (χ4v) is 1.33. The van der Waals surface area contributed by atoms with E-state index in [-0.39, 0.29) is 5.69 Å². The van der Waals surface area contributed by atoms with Gasteiger partial charge in [-0.05, 0) is 17.5 Å². The number of carbonyl (C=O) groups excluding carboxylic acids is 1. The van der Waals surface area contributed by atoms with Gasteiger partial charge in [0.1, 0.15) is 6.29 Å². The lowest BCUT2D eigenvalue weighted by atomic mass is 10.0. The van der Waals surface area contributed by atoms with Crippen molar-refractivity contribution < 1.29 is 9.72 Å². The van der Waals surface area contributed by atoms with E-state index in [0.717, 1.165) is 11.8 Å². The lowest BCUT2D eigenvalue weighted by Gasteiger charge is -2.03. The Kier molecular flexibility index (Phi) is 3.74. The van der Waals surface area contributed by atoms with E-state index in [4.69, 9.17) is 0 Å². The van der Waals surface area contributed by atoms with E-state index in [1.807, 2.05) is 0 Å². The van der Waals surface area contributed by atoms with Crippen LogP contribution in [0.25, 0.3) is 6.08 Å². The van der Waals surface area contributed by atoms with Gasteiger partial charge in [-0.3, -0.25) is 10.1 Å². The second kappa shape index (κ2) is 5.05. The minimum Gasteiger partial charge on any atom is -0.303 e. The smallest absolute Gasteiger partial charge is 0.270 e. The number of hydrogen-bond acceptors (Lipinski definition) is 3. The molecule has 1 rings (SSSR count). The first kappa shape index (κ1) is 11.1. The first-order chi connectivity index (χ1) is 7.19. The molecule has 1 aromatic carbocycles. The first-order valence-corrected chi connectivity index (χ1v) is 4.52. The molecular formula is C11H11NO3. The van der Waals surface area contributed by atoms with Crippen LogP contribution in [-0.2, 0) is 11.2 Å². The van der Waals surface area contributed by atoms with Gasteiger partial charge in [-0.25, -0.2) is 0 Å². The van der Waals surface area contributed by atoms with Crippen molar-refractivity contribution >= 4 is 18.0 Å². The number of hydrogen-bond donors (Lipinski definition) is 0. The van der Waals surface area contributed by atoms with E-state index in [9.17, 15) is 14.9 Å². The number of nitro groups is 1. The van der Waals surface area contributed by atoms with Crippen LogP contribution in [0.15, 0.2) is 24.8 Å². The number of aryl methyl sites for hydroxylation is 1. The van der Waals surface area contributed by atoms with E-state index in [1.165, 1.54) is 12.1 Å². The van der Waals surface area contributed by atoms with E-state index in [1.54, 1.807) is 12.1 Å². The second-order valence-electron chi connectivity index (χ2n) is 3.05. The summed E-state index contributed by atoms with van der Waals surface area (Å²) in [6, 6.07) is 4.57. The summed E-state index contributed by atoms with van der Waals surface area (Å²) in [5, 5.41) is 10.5. The number of aldehydes is 1. The highest BCUT2D eigenvalue weighted by Gasteiger charge is 2.08. The molecule has 0 bridgehead atoms. The number of non-ortho nitro benzene ring substituents is 1. The zero-order valence-corrected chi connectivity index (χ0v) is 8.18. The molecule has 0 spiro atoms. The van der Waals surface area contributed by atoms with Gasteiger partial charge >= 0.3 is 0 Å². The Hall–Kier alpha value is -1.97. The van der Waals surface area contributed by atoms with Crippen LogP contribution < -0.4 is 0 Å². The number of benzene rings is 1. The van der Waals surface area contributed by atoms with Crippen molar-refractivity contribution in [3.05, 3.63) is 46.0 Å². The van der Waals surface area contributed by atoms with Crippen LogP contribution in [0.1, 0.15) is 17.5 Å². The SMILES string of the molecule is C=Cc1cc([N+](=O)[O-])ccc1CCC=O. The Morgan fingerprint density at radius 1 is 1.47 bits per heavy atom. The Bertz CT molecular complexity index is 399. The standard InChI is InChI=1S/C11H11NO3/c1-2-9-8-11(12(14)15)6-5-10(9)4-3-7-13/h2,5-8H,1,3-4H2. The Morgan fingerprint density at radius 3 is 2.73 bits per heavy atom. The quantitative estimate of drug-likeness (QED) is 0.421. The van der Waals surface area contributed by atoms with Crippen LogP contribution in [0.5, 0.6) is 0 Å². The summed E-state index contributed by atoms with van der Waals surface area (Å²) < 4.78 is 0. The van der Waals surface area contributed by atoms with Gasteiger partial charge in [-0.15, -0.1) is 0 Å². The summed E-state index contributed by atoms with van der Waals surface area (Å²) in [6.07, 6.45) is 3.39. The van der Waals surface area contributed by atoms with Crippen LogP contribution in [-0.4, -0.2) is 11.2 Å². The maximum atomic E-state index is 10.5. The molecule has 15 heavy (non-hydrogen) atoms. The maximum Gasteiger partial charge on any atom is 0.270 e. The van der Waals surface area contributed by atoms with Gasteiger partial charge in [0.15, 0.2) is 0 Å². The number of carbonyl (C=O) groups is 1. The number of nitrogens with zero attached hydrogens (tertiary/aromatic N) is 1. The Labute approximate surface area is 87.4 Å². The second-order valence-corrected chi connectivity index (χ2v) is 3.05. The van der Waals surface area contributed by atoms with Gasteiger partial charge in [0.25, 0.3) is 5.69 Å². The molecule has 0 amide bonds. The van der Waals surface area contributed by atoms with Gasteiger partial charge < -0.3 is 4.79 Å². The Morgan fingerprint density at radius 2 is 2.20 bits per heavy atom. The molecule has 0 radical (unpaired) electrons. The molecule has 0 aliphatic carbocycles. The first-order valence-electron chi connectivity index (χ1n) is 4.52. The van der Waals surface area contributed by atoms with Crippen molar-refractivity contribution in [2.75, 3.05) is 0 Å². The minimum atomic E-state index is -0.448. The molecule has 4 heteroatoms. The summed E-state index contributed by atoms with van der Waals surface area (Å²) in [7, 11) is 0. The van der Waals surface area contributed by atoms with Crippen molar-refractivity contribution in [3.63, 3.8) is 0 Å². The molecule has 0 unspecified atom stereocenters. The van der Waals surface area contributed by atoms with Gasteiger partial charge in [0.2, 0.25) is 0 Å². The maximum absolute atomic E-state index is 10.5. The van der Waals surface area contributed by atoms with Gasteiger partial charge in [0.05, 0.1) is 4.92 Å². The van der Waals surface area contributed by atoms with E-state index in [0.29, 0.717) is 18.4 Å².